The number of benzene rings is 1. The zero-order valence-electron chi connectivity index (χ0n) is 10.8. The van der Waals surface area contributed by atoms with Crippen LogP contribution in [0.5, 0.6) is 0 Å². The van der Waals surface area contributed by atoms with Crippen molar-refractivity contribution in [3.8, 4) is 0 Å². The molecule has 0 spiro atoms. The van der Waals surface area contributed by atoms with Gasteiger partial charge in [0.1, 0.15) is 0 Å². The third-order valence-electron chi connectivity index (χ3n) is 2.59. The summed E-state index contributed by atoms with van der Waals surface area (Å²) in [5.41, 5.74) is 1.31. The van der Waals surface area contributed by atoms with Crippen LogP contribution in [-0.2, 0) is 15.8 Å². The maximum atomic E-state index is 12.0. The summed E-state index contributed by atoms with van der Waals surface area (Å²) < 4.78 is 21.9. The van der Waals surface area contributed by atoms with Gasteiger partial charge in [-0.05, 0) is 23.8 Å². The van der Waals surface area contributed by atoms with Crippen molar-refractivity contribution in [2.45, 2.75) is 5.75 Å². The number of hydrogen-bond donors (Lipinski definition) is 2. The quantitative estimate of drug-likeness (QED) is 0.894. The van der Waals surface area contributed by atoms with E-state index in [1.807, 2.05) is 0 Å². The average molecular weight is 326 g/mol. The van der Waals surface area contributed by atoms with Gasteiger partial charge in [0.05, 0.1) is 16.3 Å². The van der Waals surface area contributed by atoms with Gasteiger partial charge < -0.3 is 5.32 Å². The number of aromatic nitrogens is 1. The molecule has 6 nitrogen and oxygen atoms in total. The molecule has 0 fully saturated rings. The standard InChI is InChI=1S/C13H12ClN3O3S/c14-12-5-6-16-7-11(12)13(18)17-10-3-1-9(2-4-10)8-21(15,19)20/h1-7H,8H2,(H,17,18)(H2,15,19,20). The van der Waals surface area contributed by atoms with Crippen molar-refractivity contribution < 1.29 is 13.2 Å². The van der Waals surface area contributed by atoms with Gasteiger partial charge in [0.15, 0.2) is 0 Å². The summed E-state index contributed by atoms with van der Waals surface area (Å²) in [4.78, 5) is 15.8. The van der Waals surface area contributed by atoms with Crippen molar-refractivity contribution in [1.82, 2.24) is 4.98 Å². The predicted molar refractivity (Wildman–Crippen MR) is 80.5 cm³/mol. The van der Waals surface area contributed by atoms with E-state index in [1.165, 1.54) is 18.5 Å². The van der Waals surface area contributed by atoms with Gasteiger partial charge in [-0.15, -0.1) is 0 Å². The van der Waals surface area contributed by atoms with Crippen molar-refractivity contribution in [3.05, 3.63) is 58.9 Å². The number of pyridine rings is 1. The minimum atomic E-state index is -3.57. The number of hydrogen-bond acceptors (Lipinski definition) is 4. The molecule has 0 atom stereocenters. The van der Waals surface area contributed by atoms with Gasteiger partial charge in [-0.2, -0.15) is 0 Å². The van der Waals surface area contributed by atoms with E-state index in [4.69, 9.17) is 16.7 Å². The molecule has 8 heteroatoms. The number of sulfonamides is 1. The Morgan fingerprint density at radius 1 is 1.24 bits per heavy atom. The normalized spacial score (nSPS) is 11.1. The molecule has 0 aliphatic rings. The highest BCUT2D eigenvalue weighted by Gasteiger charge is 2.11. The number of anilines is 1. The summed E-state index contributed by atoms with van der Waals surface area (Å²) in [6.45, 7) is 0. The molecule has 0 bridgehead atoms. The number of nitrogens with two attached hydrogens (primary N) is 1. The maximum absolute atomic E-state index is 12.0. The number of carbonyl (C=O) groups excluding carboxylic acids is 1. The fourth-order valence-corrected chi connectivity index (χ4v) is 2.51. The molecule has 0 saturated carbocycles. The van der Waals surface area contributed by atoms with Crippen LogP contribution in [0.1, 0.15) is 15.9 Å². The van der Waals surface area contributed by atoms with Crippen LogP contribution in [0.4, 0.5) is 5.69 Å². The average Bonchev–Trinajstić information content (AvgIpc) is 2.40. The van der Waals surface area contributed by atoms with E-state index in [0.717, 1.165) is 0 Å². The van der Waals surface area contributed by atoms with E-state index in [0.29, 0.717) is 16.3 Å². The molecule has 0 saturated heterocycles. The fraction of sp³-hybridized carbons (Fsp3) is 0.0769. The Hall–Kier alpha value is -1.96. The van der Waals surface area contributed by atoms with E-state index >= 15 is 0 Å². The molecular formula is C13H12ClN3O3S. The lowest BCUT2D eigenvalue weighted by molar-refractivity contribution is 0.102. The summed E-state index contributed by atoms with van der Waals surface area (Å²) in [6, 6.07) is 7.84. The molecule has 0 unspecified atom stereocenters. The topological polar surface area (TPSA) is 102 Å². The van der Waals surface area contributed by atoms with Crippen molar-refractivity contribution in [2.24, 2.45) is 5.14 Å². The second kappa shape index (κ2) is 6.21. The summed E-state index contributed by atoms with van der Waals surface area (Å²) in [5.74, 6) is -0.650. The molecule has 0 aliphatic heterocycles. The Bertz CT molecular complexity index is 760. The second-order valence-electron chi connectivity index (χ2n) is 4.31. The first-order chi connectivity index (χ1) is 9.85. The van der Waals surface area contributed by atoms with E-state index in [9.17, 15) is 13.2 Å². The Balaban J connectivity index is 2.10. The monoisotopic (exact) mass is 325 g/mol. The smallest absolute Gasteiger partial charge is 0.258 e. The van der Waals surface area contributed by atoms with Crippen LogP contribution in [-0.4, -0.2) is 19.3 Å². The van der Waals surface area contributed by atoms with Gasteiger partial charge in [-0.25, -0.2) is 13.6 Å². The van der Waals surface area contributed by atoms with Crippen LogP contribution in [0, 0.1) is 0 Å². The maximum Gasteiger partial charge on any atom is 0.258 e. The lowest BCUT2D eigenvalue weighted by Crippen LogP contribution is -2.15. The Kier molecular flexibility index (Phi) is 4.56. The van der Waals surface area contributed by atoms with E-state index in [1.54, 1.807) is 24.3 Å². The summed E-state index contributed by atoms with van der Waals surface area (Å²) >= 11 is 5.90. The van der Waals surface area contributed by atoms with Gasteiger partial charge in [0.25, 0.3) is 5.91 Å². The number of rotatable bonds is 4. The highest BCUT2D eigenvalue weighted by molar-refractivity contribution is 7.88. The summed E-state index contributed by atoms with van der Waals surface area (Å²) in [5, 5.41) is 7.90. The van der Waals surface area contributed by atoms with Crippen molar-refractivity contribution >= 4 is 33.2 Å². The van der Waals surface area contributed by atoms with Crippen molar-refractivity contribution in [1.29, 1.82) is 0 Å². The second-order valence-corrected chi connectivity index (χ2v) is 6.34. The summed E-state index contributed by atoms with van der Waals surface area (Å²) in [6.07, 6.45) is 2.86. The van der Waals surface area contributed by atoms with Gasteiger partial charge >= 0.3 is 0 Å². The highest BCUT2D eigenvalue weighted by Crippen LogP contribution is 2.17. The molecule has 110 valence electrons. The summed E-state index contributed by atoms with van der Waals surface area (Å²) in [7, 11) is -3.57. The van der Waals surface area contributed by atoms with Gasteiger partial charge in [0.2, 0.25) is 10.0 Å². The predicted octanol–water partition coefficient (Wildman–Crippen LogP) is 1.78. The van der Waals surface area contributed by atoms with Crippen LogP contribution < -0.4 is 10.5 Å². The molecule has 0 radical (unpaired) electrons. The Morgan fingerprint density at radius 3 is 2.48 bits per heavy atom. The zero-order valence-corrected chi connectivity index (χ0v) is 12.4. The van der Waals surface area contributed by atoms with Crippen molar-refractivity contribution in [3.63, 3.8) is 0 Å². The Morgan fingerprint density at radius 2 is 1.90 bits per heavy atom. The molecule has 2 aromatic rings. The number of nitrogens with zero attached hydrogens (tertiary/aromatic N) is 1. The van der Waals surface area contributed by atoms with E-state index in [2.05, 4.69) is 10.3 Å². The number of halogens is 1. The van der Waals surface area contributed by atoms with Crippen molar-refractivity contribution in [2.75, 3.05) is 5.32 Å². The minimum absolute atomic E-state index is 0.254. The molecule has 2 rings (SSSR count). The minimum Gasteiger partial charge on any atom is -0.322 e. The first-order valence-electron chi connectivity index (χ1n) is 5.85. The zero-order chi connectivity index (χ0) is 15.5. The van der Waals surface area contributed by atoms with Crippen LogP contribution in [0.25, 0.3) is 0 Å². The van der Waals surface area contributed by atoms with Gasteiger partial charge in [-0.1, -0.05) is 23.7 Å². The molecule has 0 aliphatic carbocycles. The Labute approximate surface area is 127 Å². The number of nitrogens with one attached hydrogen (secondary N) is 1. The van der Waals surface area contributed by atoms with Crippen LogP contribution in [0.15, 0.2) is 42.7 Å². The SMILES string of the molecule is NS(=O)(=O)Cc1ccc(NC(=O)c2cnccc2Cl)cc1. The van der Waals surface area contributed by atoms with Gasteiger partial charge in [-0.3, -0.25) is 9.78 Å². The van der Waals surface area contributed by atoms with Crippen LogP contribution in [0.2, 0.25) is 5.02 Å². The van der Waals surface area contributed by atoms with E-state index < -0.39 is 15.9 Å². The lowest BCUT2D eigenvalue weighted by atomic mass is 10.2. The third-order valence-corrected chi connectivity index (χ3v) is 3.66. The molecule has 3 N–H and O–H groups in total. The first kappa shape index (κ1) is 15.4. The third kappa shape index (κ3) is 4.52. The fourth-order valence-electron chi connectivity index (χ4n) is 1.66. The number of amides is 1. The molecule has 1 aromatic heterocycles. The molecule has 1 heterocycles. The first-order valence-corrected chi connectivity index (χ1v) is 7.95. The van der Waals surface area contributed by atoms with Gasteiger partial charge in [0, 0.05) is 18.1 Å². The van der Waals surface area contributed by atoms with Crippen LogP contribution in [0.3, 0.4) is 0 Å². The van der Waals surface area contributed by atoms with E-state index in [-0.39, 0.29) is 11.3 Å². The molecular weight excluding hydrogens is 314 g/mol. The molecule has 1 amide bonds. The lowest BCUT2D eigenvalue weighted by Gasteiger charge is -2.07. The largest absolute Gasteiger partial charge is 0.322 e. The molecule has 21 heavy (non-hydrogen) atoms. The number of carbonyl (C=O) groups is 1. The number of primary sulfonamides is 1. The van der Waals surface area contributed by atoms with Crippen LogP contribution >= 0.6 is 11.6 Å². The molecule has 1 aromatic carbocycles. The highest BCUT2D eigenvalue weighted by atomic mass is 35.5.